The third-order valence-electron chi connectivity index (χ3n) is 3.15. The molecule has 0 bridgehead atoms. The molecular weight excluding hydrogens is 460 g/mol. The van der Waals surface area contributed by atoms with Crippen LogP contribution in [0.25, 0.3) is 0 Å². The lowest BCUT2D eigenvalue weighted by Gasteiger charge is -2.12. The Labute approximate surface area is 160 Å². The molecule has 0 atom stereocenters. The fourth-order valence-electron chi connectivity index (χ4n) is 1.95. The van der Waals surface area contributed by atoms with Crippen molar-refractivity contribution in [2.75, 3.05) is 12.4 Å². The summed E-state index contributed by atoms with van der Waals surface area (Å²) in [7, 11) is 1.60. The summed E-state index contributed by atoms with van der Waals surface area (Å²) in [5, 5.41) is 13.9. The zero-order chi connectivity index (χ0) is 18.6. The molecule has 25 heavy (non-hydrogen) atoms. The van der Waals surface area contributed by atoms with Crippen LogP contribution in [0.2, 0.25) is 0 Å². The molecule has 0 aliphatic heterocycles. The van der Waals surface area contributed by atoms with Gasteiger partial charge in [0.2, 0.25) is 0 Å². The molecule has 0 unspecified atom stereocenters. The van der Waals surface area contributed by atoms with Crippen LogP contribution in [0, 0.1) is 10.1 Å². The van der Waals surface area contributed by atoms with E-state index in [2.05, 4.69) is 37.2 Å². The standard InChI is InChI=1S/C16H14Br2N2O5/c1-3-15(21)24-10-6-11(17)16(12(18)7-10)25-9-4-5-13(19-2)14(8-9)20(22)23/h4-8,19H,3H2,1-2H3. The molecule has 132 valence electrons. The number of esters is 1. The second kappa shape index (κ2) is 8.30. The monoisotopic (exact) mass is 472 g/mol. The van der Waals surface area contributed by atoms with Crippen LogP contribution in [-0.4, -0.2) is 17.9 Å². The van der Waals surface area contributed by atoms with Crippen LogP contribution in [0.15, 0.2) is 39.3 Å². The quantitative estimate of drug-likeness (QED) is 0.266. The van der Waals surface area contributed by atoms with Gasteiger partial charge in [-0.2, -0.15) is 0 Å². The molecule has 2 aromatic rings. The lowest BCUT2D eigenvalue weighted by atomic mass is 10.2. The largest absolute Gasteiger partial charge is 0.455 e. The maximum absolute atomic E-state index is 11.4. The van der Waals surface area contributed by atoms with E-state index in [1.165, 1.54) is 6.07 Å². The molecule has 0 saturated heterocycles. The van der Waals surface area contributed by atoms with Gasteiger partial charge in [0, 0.05) is 13.5 Å². The Morgan fingerprint density at radius 2 is 1.84 bits per heavy atom. The van der Waals surface area contributed by atoms with E-state index in [4.69, 9.17) is 9.47 Å². The normalized spacial score (nSPS) is 10.2. The highest BCUT2D eigenvalue weighted by Crippen LogP contribution is 2.41. The van der Waals surface area contributed by atoms with Gasteiger partial charge in [0.05, 0.1) is 19.9 Å². The van der Waals surface area contributed by atoms with Crippen LogP contribution in [-0.2, 0) is 4.79 Å². The second-order valence-electron chi connectivity index (χ2n) is 4.83. The van der Waals surface area contributed by atoms with E-state index >= 15 is 0 Å². The third kappa shape index (κ3) is 4.70. The number of hydrogen-bond acceptors (Lipinski definition) is 6. The number of ether oxygens (including phenoxy) is 2. The highest BCUT2D eigenvalue weighted by molar-refractivity contribution is 9.11. The molecule has 2 aromatic carbocycles. The first kappa shape index (κ1) is 19.2. The third-order valence-corrected chi connectivity index (χ3v) is 4.33. The number of halogens is 2. The zero-order valence-corrected chi connectivity index (χ0v) is 16.5. The molecule has 0 fully saturated rings. The number of nitrogens with zero attached hydrogens (tertiary/aromatic N) is 1. The van der Waals surface area contributed by atoms with E-state index in [1.54, 1.807) is 38.2 Å². The minimum atomic E-state index is -0.490. The van der Waals surface area contributed by atoms with Crippen LogP contribution in [0.5, 0.6) is 17.2 Å². The molecule has 2 rings (SSSR count). The Morgan fingerprint density at radius 3 is 2.36 bits per heavy atom. The Balaban J connectivity index is 2.33. The van der Waals surface area contributed by atoms with Gasteiger partial charge in [0.1, 0.15) is 17.2 Å². The number of hydrogen-bond donors (Lipinski definition) is 1. The Morgan fingerprint density at radius 1 is 1.20 bits per heavy atom. The van der Waals surface area contributed by atoms with E-state index in [0.29, 0.717) is 31.9 Å². The Hall–Kier alpha value is -2.13. The van der Waals surface area contributed by atoms with Crippen LogP contribution in [0.1, 0.15) is 13.3 Å². The SMILES string of the molecule is CCC(=O)Oc1cc(Br)c(Oc2ccc(NC)c([N+](=O)[O-])c2)c(Br)c1. The minimum Gasteiger partial charge on any atom is -0.455 e. The first-order valence-corrected chi connectivity index (χ1v) is 8.78. The van der Waals surface area contributed by atoms with Gasteiger partial charge in [0.15, 0.2) is 5.75 Å². The van der Waals surface area contributed by atoms with Crippen molar-refractivity contribution < 1.29 is 19.2 Å². The highest BCUT2D eigenvalue weighted by Gasteiger charge is 2.17. The zero-order valence-electron chi connectivity index (χ0n) is 13.3. The van der Waals surface area contributed by atoms with E-state index in [1.807, 2.05) is 0 Å². The topological polar surface area (TPSA) is 90.7 Å². The maximum atomic E-state index is 11.4. The molecule has 9 heteroatoms. The van der Waals surface area contributed by atoms with Gasteiger partial charge in [0.25, 0.3) is 5.69 Å². The average Bonchev–Trinajstić information content (AvgIpc) is 2.57. The Kier molecular flexibility index (Phi) is 6.38. The van der Waals surface area contributed by atoms with Crippen LogP contribution >= 0.6 is 31.9 Å². The van der Waals surface area contributed by atoms with Crippen LogP contribution in [0.4, 0.5) is 11.4 Å². The molecular formula is C16H14Br2N2O5. The predicted molar refractivity (Wildman–Crippen MR) is 100 cm³/mol. The van der Waals surface area contributed by atoms with Crippen molar-refractivity contribution in [3.63, 3.8) is 0 Å². The molecule has 0 spiro atoms. The van der Waals surface area contributed by atoms with Crippen molar-refractivity contribution in [1.82, 2.24) is 0 Å². The summed E-state index contributed by atoms with van der Waals surface area (Å²) in [5.74, 6) is 0.702. The van der Waals surface area contributed by atoms with Crippen molar-refractivity contribution in [1.29, 1.82) is 0 Å². The predicted octanol–water partition coefficient (Wildman–Crippen LogP) is 5.27. The van der Waals surface area contributed by atoms with Gasteiger partial charge in [-0.05, 0) is 56.1 Å². The van der Waals surface area contributed by atoms with Crippen molar-refractivity contribution in [3.05, 3.63) is 49.4 Å². The number of carbonyl (C=O) groups excluding carboxylic acids is 1. The second-order valence-corrected chi connectivity index (χ2v) is 6.54. The highest BCUT2D eigenvalue weighted by atomic mass is 79.9. The van der Waals surface area contributed by atoms with Crippen molar-refractivity contribution in [3.8, 4) is 17.2 Å². The molecule has 0 saturated carbocycles. The Bertz CT molecular complexity index is 803. The van der Waals surface area contributed by atoms with E-state index in [-0.39, 0.29) is 18.1 Å². The molecule has 7 nitrogen and oxygen atoms in total. The lowest BCUT2D eigenvalue weighted by molar-refractivity contribution is -0.384. The van der Waals surface area contributed by atoms with Crippen LogP contribution in [0.3, 0.4) is 0 Å². The number of rotatable bonds is 6. The smallest absolute Gasteiger partial charge is 0.310 e. The lowest BCUT2D eigenvalue weighted by Crippen LogP contribution is -2.05. The molecule has 0 radical (unpaired) electrons. The first-order valence-electron chi connectivity index (χ1n) is 7.19. The van der Waals surface area contributed by atoms with Crippen molar-refractivity contribution in [2.24, 2.45) is 0 Å². The van der Waals surface area contributed by atoms with Crippen LogP contribution < -0.4 is 14.8 Å². The summed E-state index contributed by atoms with van der Waals surface area (Å²) < 4.78 is 12.0. The molecule has 1 N–H and O–H groups in total. The van der Waals surface area contributed by atoms with Gasteiger partial charge in [-0.25, -0.2) is 0 Å². The van der Waals surface area contributed by atoms with E-state index in [0.717, 1.165) is 0 Å². The molecule has 0 heterocycles. The summed E-state index contributed by atoms with van der Waals surface area (Å²) in [6, 6.07) is 7.68. The van der Waals surface area contributed by atoms with E-state index < -0.39 is 4.92 Å². The number of anilines is 1. The summed E-state index contributed by atoms with van der Waals surface area (Å²) >= 11 is 6.70. The summed E-state index contributed by atoms with van der Waals surface area (Å²) in [6.07, 6.45) is 0.259. The number of benzene rings is 2. The fraction of sp³-hybridized carbons (Fsp3) is 0.188. The average molecular weight is 474 g/mol. The summed E-state index contributed by atoms with van der Waals surface area (Å²) in [5.41, 5.74) is 0.290. The first-order chi connectivity index (χ1) is 11.8. The molecule has 0 amide bonds. The van der Waals surface area contributed by atoms with Gasteiger partial charge >= 0.3 is 5.97 Å². The van der Waals surface area contributed by atoms with Gasteiger partial charge in [-0.15, -0.1) is 0 Å². The van der Waals surface area contributed by atoms with Crippen molar-refractivity contribution >= 4 is 49.2 Å². The number of nitrogens with one attached hydrogen (secondary N) is 1. The van der Waals surface area contributed by atoms with Crippen molar-refractivity contribution in [2.45, 2.75) is 13.3 Å². The molecule has 0 aliphatic carbocycles. The summed E-state index contributed by atoms with van der Waals surface area (Å²) in [6.45, 7) is 1.70. The molecule has 0 aromatic heterocycles. The van der Waals surface area contributed by atoms with E-state index in [9.17, 15) is 14.9 Å². The van der Waals surface area contributed by atoms with Gasteiger partial charge in [-0.1, -0.05) is 6.92 Å². The molecule has 0 aliphatic rings. The number of nitro groups is 1. The number of carbonyl (C=O) groups is 1. The number of nitro benzene ring substituents is 1. The maximum Gasteiger partial charge on any atom is 0.310 e. The van der Waals surface area contributed by atoms with Gasteiger partial charge < -0.3 is 14.8 Å². The minimum absolute atomic E-state index is 0.0965. The fourth-order valence-corrected chi connectivity index (χ4v) is 3.26. The van der Waals surface area contributed by atoms with Gasteiger partial charge in [-0.3, -0.25) is 14.9 Å². The summed E-state index contributed by atoms with van der Waals surface area (Å²) in [4.78, 5) is 22.0.